The molecule has 0 spiro atoms. The van der Waals surface area contributed by atoms with Gasteiger partial charge in [-0.05, 0) is 25.1 Å². The van der Waals surface area contributed by atoms with Crippen molar-refractivity contribution >= 4 is 17.8 Å². The van der Waals surface area contributed by atoms with E-state index in [-0.39, 0.29) is 16.8 Å². The van der Waals surface area contributed by atoms with Crippen molar-refractivity contribution < 1.29 is 23.9 Å². The van der Waals surface area contributed by atoms with Gasteiger partial charge >= 0.3 is 0 Å². The lowest BCUT2D eigenvalue weighted by Gasteiger charge is -2.12. The second kappa shape index (κ2) is 8.65. The number of ether oxygens (including phenoxy) is 3. The maximum absolute atomic E-state index is 12.3. The lowest BCUT2D eigenvalue weighted by atomic mass is 10.1. The van der Waals surface area contributed by atoms with E-state index in [1.54, 1.807) is 12.1 Å². The average Bonchev–Trinajstić information content (AvgIpc) is 2.66. The zero-order valence-corrected chi connectivity index (χ0v) is 15.3. The minimum Gasteiger partial charge on any atom is -0.493 e. The van der Waals surface area contributed by atoms with Gasteiger partial charge in [-0.1, -0.05) is 6.07 Å². The molecule has 2 rings (SSSR count). The standard InChI is InChI=1S/C18H19N3O6/c1-11-13(6-5-7-14(11)21(23)24)18(22)20-19-10-12-8-15(25-2)17(27-4)16(9-12)26-3/h5-10H,1-4H3,(H,20,22)/b19-10-. The highest BCUT2D eigenvalue weighted by molar-refractivity contribution is 5.97. The summed E-state index contributed by atoms with van der Waals surface area (Å²) in [6, 6.07) is 7.60. The molecule has 0 atom stereocenters. The van der Waals surface area contributed by atoms with Crippen molar-refractivity contribution in [1.29, 1.82) is 0 Å². The summed E-state index contributed by atoms with van der Waals surface area (Å²) < 4.78 is 15.7. The van der Waals surface area contributed by atoms with E-state index in [1.807, 2.05) is 0 Å². The maximum Gasteiger partial charge on any atom is 0.273 e. The van der Waals surface area contributed by atoms with E-state index < -0.39 is 10.8 Å². The van der Waals surface area contributed by atoms with Gasteiger partial charge in [-0.3, -0.25) is 14.9 Å². The summed E-state index contributed by atoms with van der Waals surface area (Å²) in [6.07, 6.45) is 1.40. The highest BCUT2D eigenvalue weighted by Gasteiger charge is 2.17. The predicted octanol–water partition coefficient (Wildman–Crippen LogP) is 2.69. The molecule has 9 heteroatoms. The van der Waals surface area contributed by atoms with Gasteiger partial charge in [-0.25, -0.2) is 5.43 Å². The highest BCUT2D eigenvalue weighted by Crippen LogP contribution is 2.37. The lowest BCUT2D eigenvalue weighted by molar-refractivity contribution is -0.385. The Morgan fingerprint density at radius 1 is 1.15 bits per heavy atom. The van der Waals surface area contributed by atoms with Crippen LogP contribution in [0.4, 0.5) is 5.69 Å². The molecular formula is C18H19N3O6. The van der Waals surface area contributed by atoms with Crippen LogP contribution in [0, 0.1) is 17.0 Å². The van der Waals surface area contributed by atoms with Gasteiger partial charge in [0.2, 0.25) is 5.75 Å². The highest BCUT2D eigenvalue weighted by atomic mass is 16.6. The van der Waals surface area contributed by atoms with E-state index in [0.717, 1.165) is 0 Å². The summed E-state index contributed by atoms with van der Waals surface area (Å²) in [4.78, 5) is 22.7. The van der Waals surface area contributed by atoms with Crippen molar-refractivity contribution in [3.63, 3.8) is 0 Å². The number of carbonyl (C=O) groups is 1. The Morgan fingerprint density at radius 3 is 2.30 bits per heavy atom. The molecule has 0 aliphatic carbocycles. The zero-order chi connectivity index (χ0) is 20.0. The lowest BCUT2D eigenvalue weighted by Crippen LogP contribution is -2.19. The zero-order valence-electron chi connectivity index (χ0n) is 15.3. The summed E-state index contributed by atoms with van der Waals surface area (Å²) in [5, 5.41) is 14.9. The summed E-state index contributed by atoms with van der Waals surface area (Å²) in [5.74, 6) is 0.770. The fourth-order valence-corrected chi connectivity index (χ4v) is 2.47. The third-order valence-corrected chi connectivity index (χ3v) is 3.81. The van der Waals surface area contributed by atoms with Crippen LogP contribution < -0.4 is 19.6 Å². The number of nitrogens with one attached hydrogen (secondary N) is 1. The van der Waals surface area contributed by atoms with Crippen molar-refractivity contribution in [2.45, 2.75) is 6.92 Å². The Hall–Kier alpha value is -3.62. The van der Waals surface area contributed by atoms with Crippen LogP contribution in [0.2, 0.25) is 0 Å². The van der Waals surface area contributed by atoms with Crippen LogP contribution in [0.1, 0.15) is 21.5 Å². The number of nitrogens with zero attached hydrogens (tertiary/aromatic N) is 2. The first kappa shape index (κ1) is 19.7. The molecular weight excluding hydrogens is 354 g/mol. The smallest absolute Gasteiger partial charge is 0.273 e. The SMILES string of the molecule is COc1cc(/C=N\NC(=O)c2cccc([N+](=O)[O-])c2C)cc(OC)c1OC. The summed E-state index contributed by atoms with van der Waals surface area (Å²) in [7, 11) is 4.48. The number of methoxy groups -OCH3 is 3. The van der Waals surface area contributed by atoms with Gasteiger partial charge in [0.05, 0.1) is 38.0 Å². The molecule has 0 heterocycles. The van der Waals surface area contributed by atoms with Crippen LogP contribution in [0.3, 0.4) is 0 Å². The molecule has 9 nitrogen and oxygen atoms in total. The molecule has 142 valence electrons. The molecule has 0 aliphatic rings. The third kappa shape index (κ3) is 4.32. The van der Waals surface area contributed by atoms with E-state index >= 15 is 0 Å². The predicted molar refractivity (Wildman–Crippen MR) is 99.0 cm³/mol. The second-order valence-corrected chi connectivity index (χ2v) is 5.36. The van der Waals surface area contributed by atoms with Crippen molar-refractivity contribution in [2.24, 2.45) is 5.10 Å². The summed E-state index contributed by atoms with van der Waals surface area (Å²) >= 11 is 0. The summed E-state index contributed by atoms with van der Waals surface area (Å²) in [6.45, 7) is 1.51. The number of amides is 1. The number of rotatable bonds is 7. The molecule has 1 N–H and O–H groups in total. The molecule has 27 heavy (non-hydrogen) atoms. The minimum absolute atomic E-state index is 0.128. The molecule has 0 unspecified atom stereocenters. The Kier molecular flexibility index (Phi) is 6.32. The molecule has 0 radical (unpaired) electrons. The van der Waals surface area contributed by atoms with Gasteiger partial charge < -0.3 is 14.2 Å². The third-order valence-electron chi connectivity index (χ3n) is 3.81. The fourth-order valence-electron chi connectivity index (χ4n) is 2.47. The van der Waals surface area contributed by atoms with Crippen molar-refractivity contribution in [2.75, 3.05) is 21.3 Å². The molecule has 2 aromatic carbocycles. The molecule has 2 aromatic rings. The van der Waals surface area contributed by atoms with Crippen molar-refractivity contribution in [3.8, 4) is 17.2 Å². The Bertz CT molecular complexity index is 870. The van der Waals surface area contributed by atoms with Crippen LogP contribution >= 0.6 is 0 Å². The van der Waals surface area contributed by atoms with Gasteiger partial charge in [0.15, 0.2) is 11.5 Å². The molecule has 0 fully saturated rings. The van der Waals surface area contributed by atoms with Crippen molar-refractivity contribution in [3.05, 3.63) is 57.1 Å². The maximum atomic E-state index is 12.3. The molecule has 0 saturated carbocycles. The number of nitro groups is 1. The number of hydrogen-bond donors (Lipinski definition) is 1. The van der Waals surface area contributed by atoms with Crippen molar-refractivity contribution in [1.82, 2.24) is 5.43 Å². The van der Waals surface area contributed by atoms with Crippen LogP contribution in [-0.2, 0) is 0 Å². The van der Waals surface area contributed by atoms with Gasteiger partial charge in [0, 0.05) is 17.2 Å². The molecule has 0 saturated heterocycles. The molecule has 0 aliphatic heterocycles. The van der Waals surface area contributed by atoms with Crippen LogP contribution in [0.15, 0.2) is 35.4 Å². The van der Waals surface area contributed by atoms with E-state index in [0.29, 0.717) is 22.8 Å². The quantitative estimate of drug-likeness (QED) is 0.454. The first-order valence-electron chi connectivity index (χ1n) is 7.80. The number of nitro benzene ring substituents is 1. The minimum atomic E-state index is -0.556. The van der Waals surface area contributed by atoms with E-state index in [1.165, 1.54) is 52.7 Å². The number of benzene rings is 2. The molecule has 0 bridgehead atoms. The Morgan fingerprint density at radius 2 is 1.78 bits per heavy atom. The van der Waals surface area contributed by atoms with E-state index in [2.05, 4.69) is 10.5 Å². The van der Waals surface area contributed by atoms with Crippen LogP contribution in [0.25, 0.3) is 0 Å². The average molecular weight is 373 g/mol. The van der Waals surface area contributed by atoms with E-state index in [9.17, 15) is 14.9 Å². The summed E-state index contributed by atoms with van der Waals surface area (Å²) in [5.41, 5.74) is 3.26. The molecule has 0 aromatic heterocycles. The van der Waals surface area contributed by atoms with Gasteiger partial charge in [0.25, 0.3) is 11.6 Å². The Balaban J connectivity index is 2.22. The second-order valence-electron chi connectivity index (χ2n) is 5.36. The normalized spacial score (nSPS) is 10.5. The first-order valence-corrected chi connectivity index (χ1v) is 7.80. The monoisotopic (exact) mass is 373 g/mol. The van der Waals surface area contributed by atoms with Gasteiger partial charge in [-0.15, -0.1) is 0 Å². The number of hydrogen-bond acceptors (Lipinski definition) is 7. The van der Waals surface area contributed by atoms with Crippen LogP contribution in [-0.4, -0.2) is 38.4 Å². The largest absolute Gasteiger partial charge is 0.493 e. The molecule has 1 amide bonds. The number of hydrazone groups is 1. The van der Waals surface area contributed by atoms with E-state index in [4.69, 9.17) is 14.2 Å². The van der Waals surface area contributed by atoms with Gasteiger partial charge in [0.1, 0.15) is 0 Å². The Labute approximate surface area is 155 Å². The topological polar surface area (TPSA) is 112 Å². The first-order chi connectivity index (χ1) is 12.9. The van der Waals surface area contributed by atoms with Gasteiger partial charge in [-0.2, -0.15) is 5.10 Å². The number of carbonyl (C=O) groups excluding carboxylic acids is 1. The fraction of sp³-hybridized carbons (Fsp3) is 0.222. The van der Waals surface area contributed by atoms with Crippen LogP contribution in [0.5, 0.6) is 17.2 Å².